The van der Waals surface area contributed by atoms with E-state index in [2.05, 4.69) is 5.32 Å². The predicted octanol–water partition coefficient (Wildman–Crippen LogP) is 3.47. The lowest BCUT2D eigenvalue weighted by atomic mass is 10.0. The van der Waals surface area contributed by atoms with Gasteiger partial charge in [-0.1, -0.05) is 0 Å². The average Bonchev–Trinajstić information content (AvgIpc) is 2.56. The van der Waals surface area contributed by atoms with Gasteiger partial charge in [0.05, 0.1) is 18.8 Å². The second kappa shape index (κ2) is 6.60. The number of carbonyl (C=O) groups excluding carboxylic acids is 1. The molecule has 0 saturated carbocycles. The number of piperidine rings is 1. The minimum Gasteiger partial charge on any atom is -0.350 e. The number of likely N-dealkylation sites (tertiary alicyclic amines) is 1. The topological polar surface area (TPSA) is 50.8 Å². The fourth-order valence-corrected chi connectivity index (χ4v) is 2.90. The highest BCUT2D eigenvalue weighted by atomic mass is 19.4. The van der Waals surface area contributed by atoms with Crippen LogP contribution >= 0.6 is 0 Å². The third-order valence-electron chi connectivity index (χ3n) is 4.29. The lowest BCUT2D eigenvalue weighted by Gasteiger charge is -2.43. The van der Waals surface area contributed by atoms with E-state index >= 15 is 0 Å². The molecule has 5 nitrogen and oxygen atoms in total. The SMILES string of the molecule is O=C(Nc1ccc(C(F)(F)F)cc1)N1CCC2(CC1)OCCCO2. The average molecular weight is 344 g/mol. The van der Waals surface area contributed by atoms with Crippen LogP contribution in [0.1, 0.15) is 24.8 Å². The zero-order valence-electron chi connectivity index (χ0n) is 13.1. The molecule has 1 aromatic rings. The van der Waals surface area contributed by atoms with Crippen LogP contribution in [0.2, 0.25) is 0 Å². The molecule has 2 saturated heterocycles. The Morgan fingerprint density at radius 3 is 2.21 bits per heavy atom. The van der Waals surface area contributed by atoms with Crippen LogP contribution in [0, 0.1) is 0 Å². The summed E-state index contributed by atoms with van der Waals surface area (Å²) in [6.45, 7) is 2.29. The van der Waals surface area contributed by atoms with Crippen LogP contribution in [0.25, 0.3) is 0 Å². The molecule has 2 aliphatic rings. The molecule has 0 radical (unpaired) electrons. The highest BCUT2D eigenvalue weighted by molar-refractivity contribution is 5.89. The molecular formula is C16H19F3N2O3. The maximum Gasteiger partial charge on any atom is 0.416 e. The van der Waals surface area contributed by atoms with Crippen LogP contribution in [0.5, 0.6) is 0 Å². The van der Waals surface area contributed by atoms with Gasteiger partial charge in [-0.25, -0.2) is 4.79 Å². The number of amides is 2. The van der Waals surface area contributed by atoms with Crippen LogP contribution in [0.3, 0.4) is 0 Å². The van der Waals surface area contributed by atoms with E-state index in [1.54, 1.807) is 4.90 Å². The van der Waals surface area contributed by atoms with Gasteiger partial charge in [0.15, 0.2) is 5.79 Å². The summed E-state index contributed by atoms with van der Waals surface area (Å²) in [7, 11) is 0. The lowest BCUT2D eigenvalue weighted by Crippen LogP contribution is -2.52. The summed E-state index contributed by atoms with van der Waals surface area (Å²) < 4.78 is 49.0. The smallest absolute Gasteiger partial charge is 0.350 e. The van der Waals surface area contributed by atoms with E-state index in [1.165, 1.54) is 12.1 Å². The molecule has 2 amide bonds. The third kappa shape index (κ3) is 3.81. The highest BCUT2D eigenvalue weighted by Crippen LogP contribution is 2.32. The van der Waals surface area contributed by atoms with Crippen molar-refractivity contribution in [2.75, 3.05) is 31.6 Å². The molecule has 0 bridgehead atoms. The molecule has 1 aromatic carbocycles. The molecule has 132 valence electrons. The molecule has 24 heavy (non-hydrogen) atoms. The van der Waals surface area contributed by atoms with Crippen molar-refractivity contribution in [3.05, 3.63) is 29.8 Å². The van der Waals surface area contributed by atoms with Crippen LogP contribution in [-0.4, -0.2) is 43.0 Å². The van der Waals surface area contributed by atoms with Gasteiger partial charge in [-0.05, 0) is 30.7 Å². The van der Waals surface area contributed by atoms with Crippen LogP contribution in [-0.2, 0) is 15.7 Å². The summed E-state index contributed by atoms with van der Waals surface area (Å²) in [6, 6.07) is 4.06. The van der Waals surface area contributed by atoms with Gasteiger partial charge in [-0.3, -0.25) is 0 Å². The number of nitrogens with one attached hydrogen (secondary N) is 1. The molecule has 2 fully saturated rings. The Morgan fingerprint density at radius 2 is 1.67 bits per heavy atom. The number of halogens is 3. The number of hydrogen-bond donors (Lipinski definition) is 1. The third-order valence-corrected chi connectivity index (χ3v) is 4.29. The summed E-state index contributed by atoms with van der Waals surface area (Å²) in [5, 5.41) is 2.62. The van der Waals surface area contributed by atoms with Crippen molar-refractivity contribution in [2.45, 2.75) is 31.2 Å². The first-order valence-electron chi connectivity index (χ1n) is 7.89. The Morgan fingerprint density at radius 1 is 1.08 bits per heavy atom. The van der Waals surface area contributed by atoms with E-state index in [4.69, 9.17) is 9.47 Å². The summed E-state index contributed by atoms with van der Waals surface area (Å²) in [5.74, 6) is -0.580. The maximum atomic E-state index is 12.5. The van der Waals surface area contributed by atoms with E-state index in [0.717, 1.165) is 18.6 Å². The summed E-state index contributed by atoms with van der Waals surface area (Å²) in [4.78, 5) is 13.8. The standard InChI is InChI=1S/C16H19F3N2O3/c17-16(18,19)12-2-4-13(5-3-12)20-14(22)21-8-6-15(7-9-21)23-10-1-11-24-15/h2-5H,1,6-11H2,(H,20,22). The summed E-state index contributed by atoms with van der Waals surface area (Å²) >= 11 is 0. The maximum absolute atomic E-state index is 12.5. The normalized spacial score (nSPS) is 20.9. The molecular weight excluding hydrogens is 325 g/mol. The molecule has 2 heterocycles. The number of alkyl halides is 3. The largest absolute Gasteiger partial charge is 0.416 e. The van der Waals surface area contributed by atoms with Gasteiger partial charge >= 0.3 is 12.2 Å². The van der Waals surface area contributed by atoms with Crippen LogP contribution in [0.15, 0.2) is 24.3 Å². The van der Waals surface area contributed by atoms with Crippen LogP contribution < -0.4 is 5.32 Å². The number of ether oxygens (including phenoxy) is 2. The van der Waals surface area contributed by atoms with Crippen molar-refractivity contribution in [1.29, 1.82) is 0 Å². The van der Waals surface area contributed by atoms with Gasteiger partial charge < -0.3 is 19.7 Å². The Bertz CT molecular complexity index is 573. The number of benzene rings is 1. The Labute approximate surface area is 137 Å². The fraction of sp³-hybridized carbons (Fsp3) is 0.562. The van der Waals surface area contributed by atoms with Gasteiger partial charge in [0.2, 0.25) is 0 Å². The molecule has 0 aromatic heterocycles. The highest BCUT2D eigenvalue weighted by Gasteiger charge is 2.39. The number of anilines is 1. The summed E-state index contributed by atoms with van der Waals surface area (Å²) in [5.41, 5.74) is -0.412. The minimum absolute atomic E-state index is 0.332. The first-order chi connectivity index (χ1) is 11.4. The van der Waals surface area contributed by atoms with E-state index in [0.29, 0.717) is 44.8 Å². The Hall–Kier alpha value is -1.80. The molecule has 2 aliphatic heterocycles. The van der Waals surface area contributed by atoms with Crippen molar-refractivity contribution in [2.24, 2.45) is 0 Å². The summed E-state index contributed by atoms with van der Waals surface area (Å²) in [6.07, 6.45) is -2.33. The van der Waals surface area contributed by atoms with Crippen molar-refractivity contribution in [1.82, 2.24) is 4.90 Å². The van der Waals surface area contributed by atoms with E-state index < -0.39 is 17.5 Å². The minimum atomic E-state index is -4.39. The molecule has 0 atom stereocenters. The number of rotatable bonds is 1. The van der Waals surface area contributed by atoms with Gasteiger partial charge in [-0.2, -0.15) is 13.2 Å². The molecule has 3 rings (SSSR count). The van der Waals surface area contributed by atoms with Gasteiger partial charge in [0.1, 0.15) is 0 Å². The first-order valence-corrected chi connectivity index (χ1v) is 7.89. The predicted molar refractivity (Wildman–Crippen MR) is 80.5 cm³/mol. The number of carbonyl (C=O) groups is 1. The number of urea groups is 1. The van der Waals surface area contributed by atoms with Gasteiger partial charge in [0.25, 0.3) is 0 Å². The number of hydrogen-bond acceptors (Lipinski definition) is 3. The van der Waals surface area contributed by atoms with Gasteiger partial charge in [0, 0.05) is 31.6 Å². The second-order valence-electron chi connectivity index (χ2n) is 5.95. The van der Waals surface area contributed by atoms with Crippen molar-refractivity contribution in [3.8, 4) is 0 Å². The van der Waals surface area contributed by atoms with Crippen molar-refractivity contribution < 1.29 is 27.4 Å². The molecule has 1 spiro atoms. The second-order valence-corrected chi connectivity index (χ2v) is 5.95. The van der Waals surface area contributed by atoms with Gasteiger partial charge in [-0.15, -0.1) is 0 Å². The zero-order valence-corrected chi connectivity index (χ0v) is 13.1. The van der Waals surface area contributed by atoms with E-state index in [-0.39, 0.29) is 6.03 Å². The van der Waals surface area contributed by atoms with Crippen molar-refractivity contribution in [3.63, 3.8) is 0 Å². The Kier molecular flexibility index (Phi) is 4.69. The van der Waals surface area contributed by atoms with E-state index in [9.17, 15) is 18.0 Å². The first kappa shape index (κ1) is 17.0. The molecule has 8 heteroatoms. The molecule has 1 N–H and O–H groups in total. The molecule has 0 unspecified atom stereocenters. The van der Waals surface area contributed by atoms with Crippen molar-refractivity contribution >= 4 is 11.7 Å². The van der Waals surface area contributed by atoms with E-state index in [1.807, 2.05) is 0 Å². The monoisotopic (exact) mass is 344 g/mol. The lowest BCUT2D eigenvalue weighted by molar-refractivity contribution is -0.281. The zero-order chi connectivity index (χ0) is 17.2. The fourth-order valence-electron chi connectivity index (χ4n) is 2.90. The quantitative estimate of drug-likeness (QED) is 0.849. The molecule has 0 aliphatic carbocycles. The Balaban J connectivity index is 1.54. The van der Waals surface area contributed by atoms with Crippen LogP contribution in [0.4, 0.5) is 23.7 Å². The number of nitrogens with zero attached hydrogens (tertiary/aromatic N) is 1.